The molecule has 3 heterocycles. The average molecular weight is 307 g/mol. The van der Waals surface area contributed by atoms with Crippen molar-refractivity contribution in [1.29, 1.82) is 0 Å². The zero-order valence-electron chi connectivity index (χ0n) is 11.6. The van der Waals surface area contributed by atoms with Gasteiger partial charge in [0.1, 0.15) is 0 Å². The molecule has 1 amide bonds. The summed E-state index contributed by atoms with van der Waals surface area (Å²) >= 11 is 3.25. The molecule has 0 N–H and O–H groups in total. The molecule has 0 saturated carbocycles. The molecule has 1 saturated heterocycles. The third-order valence-electron chi connectivity index (χ3n) is 3.59. The van der Waals surface area contributed by atoms with Crippen LogP contribution in [0.25, 0.3) is 0 Å². The molecule has 20 heavy (non-hydrogen) atoms. The highest BCUT2D eigenvalue weighted by atomic mass is 32.1. The number of carbonyl (C=O) groups is 1. The van der Waals surface area contributed by atoms with Gasteiger partial charge in [-0.25, -0.2) is 4.98 Å². The highest BCUT2D eigenvalue weighted by Crippen LogP contribution is 2.26. The normalized spacial score (nSPS) is 15.7. The van der Waals surface area contributed by atoms with Gasteiger partial charge in [0.25, 0.3) is 5.91 Å². The van der Waals surface area contributed by atoms with Gasteiger partial charge in [-0.2, -0.15) is 0 Å². The van der Waals surface area contributed by atoms with Crippen LogP contribution in [0.1, 0.15) is 20.2 Å². The Hall–Kier alpha value is -1.40. The second-order valence-electron chi connectivity index (χ2n) is 4.89. The Kier molecular flexibility index (Phi) is 3.76. The standard InChI is InChI=1S/C14H17N3OS2/c1-10-11(2)20-14(15-10)17-7-5-16(6-8-17)13(18)12-4-3-9-19-12/h3-4,9H,5-8H2,1-2H3. The van der Waals surface area contributed by atoms with Crippen molar-refractivity contribution in [3.63, 3.8) is 0 Å². The van der Waals surface area contributed by atoms with E-state index in [2.05, 4.69) is 16.8 Å². The molecule has 1 fully saturated rings. The molecular formula is C14H17N3OS2. The fourth-order valence-corrected chi connectivity index (χ4v) is 3.90. The summed E-state index contributed by atoms with van der Waals surface area (Å²) in [4.78, 5) is 23.2. The molecule has 4 nitrogen and oxygen atoms in total. The zero-order chi connectivity index (χ0) is 14.1. The Balaban J connectivity index is 1.63. The van der Waals surface area contributed by atoms with Gasteiger partial charge in [-0.3, -0.25) is 4.79 Å². The molecular weight excluding hydrogens is 290 g/mol. The van der Waals surface area contributed by atoms with E-state index in [-0.39, 0.29) is 5.91 Å². The minimum Gasteiger partial charge on any atom is -0.345 e. The van der Waals surface area contributed by atoms with Gasteiger partial charge in [0, 0.05) is 31.1 Å². The van der Waals surface area contributed by atoms with E-state index in [1.807, 2.05) is 29.3 Å². The first-order valence-electron chi connectivity index (χ1n) is 6.67. The lowest BCUT2D eigenvalue weighted by atomic mass is 10.3. The van der Waals surface area contributed by atoms with Crippen LogP contribution in [-0.2, 0) is 0 Å². The maximum absolute atomic E-state index is 12.3. The minimum absolute atomic E-state index is 0.158. The molecule has 0 bridgehead atoms. The Bertz CT molecular complexity index is 578. The quantitative estimate of drug-likeness (QED) is 0.856. The first kappa shape index (κ1) is 13.6. The van der Waals surface area contributed by atoms with Crippen molar-refractivity contribution in [1.82, 2.24) is 9.88 Å². The number of piperazine rings is 1. The number of nitrogens with zero attached hydrogens (tertiary/aromatic N) is 3. The maximum atomic E-state index is 12.3. The van der Waals surface area contributed by atoms with Crippen LogP contribution in [0.5, 0.6) is 0 Å². The van der Waals surface area contributed by atoms with Crippen LogP contribution in [0.2, 0.25) is 0 Å². The number of rotatable bonds is 2. The number of hydrogen-bond donors (Lipinski definition) is 0. The third kappa shape index (κ3) is 2.58. The SMILES string of the molecule is Cc1nc(N2CCN(C(=O)c3cccs3)CC2)sc1C. The number of carbonyl (C=O) groups excluding carboxylic acids is 1. The number of amides is 1. The predicted molar refractivity (Wildman–Crippen MR) is 84.0 cm³/mol. The van der Waals surface area contributed by atoms with E-state index < -0.39 is 0 Å². The van der Waals surface area contributed by atoms with Crippen LogP contribution in [-0.4, -0.2) is 42.0 Å². The van der Waals surface area contributed by atoms with Crippen molar-refractivity contribution < 1.29 is 4.79 Å². The largest absolute Gasteiger partial charge is 0.345 e. The monoisotopic (exact) mass is 307 g/mol. The van der Waals surface area contributed by atoms with E-state index in [1.165, 1.54) is 16.2 Å². The van der Waals surface area contributed by atoms with E-state index in [4.69, 9.17) is 0 Å². The van der Waals surface area contributed by atoms with Crippen molar-refractivity contribution in [2.24, 2.45) is 0 Å². The molecule has 106 valence electrons. The van der Waals surface area contributed by atoms with Gasteiger partial charge < -0.3 is 9.80 Å². The lowest BCUT2D eigenvalue weighted by molar-refractivity contribution is 0.0751. The number of anilines is 1. The highest BCUT2D eigenvalue weighted by molar-refractivity contribution is 7.15. The van der Waals surface area contributed by atoms with E-state index in [1.54, 1.807) is 11.3 Å². The molecule has 0 aromatic carbocycles. The summed E-state index contributed by atoms with van der Waals surface area (Å²) in [7, 11) is 0. The second-order valence-corrected chi connectivity index (χ2v) is 7.02. The van der Waals surface area contributed by atoms with Gasteiger partial charge in [0.15, 0.2) is 5.13 Å². The summed E-state index contributed by atoms with van der Waals surface area (Å²) in [6, 6.07) is 3.82. The summed E-state index contributed by atoms with van der Waals surface area (Å²) in [6.07, 6.45) is 0. The average Bonchev–Trinajstić information content (AvgIpc) is 3.09. The van der Waals surface area contributed by atoms with Gasteiger partial charge in [-0.15, -0.1) is 22.7 Å². The molecule has 1 aliphatic heterocycles. The lowest BCUT2D eigenvalue weighted by Gasteiger charge is -2.34. The molecule has 2 aromatic heterocycles. The molecule has 0 atom stereocenters. The number of aryl methyl sites for hydroxylation is 2. The third-order valence-corrected chi connectivity index (χ3v) is 5.58. The Labute approximate surface area is 126 Å². The molecule has 6 heteroatoms. The van der Waals surface area contributed by atoms with Crippen LogP contribution in [0.15, 0.2) is 17.5 Å². The molecule has 0 spiro atoms. The molecule has 0 unspecified atom stereocenters. The molecule has 2 aromatic rings. The van der Waals surface area contributed by atoms with Gasteiger partial charge in [0.05, 0.1) is 10.6 Å². The van der Waals surface area contributed by atoms with Crippen molar-refractivity contribution >= 4 is 33.7 Å². The second kappa shape index (κ2) is 5.54. The van der Waals surface area contributed by atoms with Crippen LogP contribution in [0.3, 0.4) is 0 Å². The van der Waals surface area contributed by atoms with Crippen LogP contribution >= 0.6 is 22.7 Å². The van der Waals surface area contributed by atoms with Gasteiger partial charge in [-0.05, 0) is 25.3 Å². The topological polar surface area (TPSA) is 36.4 Å². The smallest absolute Gasteiger partial charge is 0.264 e. The highest BCUT2D eigenvalue weighted by Gasteiger charge is 2.24. The van der Waals surface area contributed by atoms with Crippen LogP contribution < -0.4 is 4.90 Å². The van der Waals surface area contributed by atoms with Gasteiger partial charge in [-0.1, -0.05) is 6.07 Å². The Morgan fingerprint density at radius 1 is 1.25 bits per heavy atom. The fraction of sp³-hybridized carbons (Fsp3) is 0.429. The predicted octanol–water partition coefficient (Wildman–Crippen LogP) is 2.78. The first-order valence-corrected chi connectivity index (χ1v) is 8.36. The van der Waals surface area contributed by atoms with Crippen LogP contribution in [0.4, 0.5) is 5.13 Å². The number of thiazole rings is 1. The Morgan fingerprint density at radius 2 is 2.00 bits per heavy atom. The summed E-state index contributed by atoms with van der Waals surface area (Å²) in [5.41, 5.74) is 1.11. The fourth-order valence-electron chi connectivity index (χ4n) is 2.25. The summed E-state index contributed by atoms with van der Waals surface area (Å²) < 4.78 is 0. The van der Waals surface area contributed by atoms with Crippen molar-refractivity contribution in [2.75, 3.05) is 31.1 Å². The van der Waals surface area contributed by atoms with Gasteiger partial charge in [0.2, 0.25) is 0 Å². The van der Waals surface area contributed by atoms with Crippen molar-refractivity contribution in [3.05, 3.63) is 33.0 Å². The van der Waals surface area contributed by atoms with E-state index in [9.17, 15) is 4.79 Å². The van der Waals surface area contributed by atoms with E-state index in [0.717, 1.165) is 41.9 Å². The Morgan fingerprint density at radius 3 is 2.55 bits per heavy atom. The number of hydrogen-bond acceptors (Lipinski definition) is 5. The first-order chi connectivity index (χ1) is 9.65. The minimum atomic E-state index is 0.158. The lowest BCUT2D eigenvalue weighted by Crippen LogP contribution is -2.48. The zero-order valence-corrected chi connectivity index (χ0v) is 13.3. The van der Waals surface area contributed by atoms with Crippen molar-refractivity contribution in [3.8, 4) is 0 Å². The maximum Gasteiger partial charge on any atom is 0.264 e. The van der Waals surface area contributed by atoms with E-state index >= 15 is 0 Å². The molecule has 1 aliphatic rings. The molecule has 0 aliphatic carbocycles. The van der Waals surface area contributed by atoms with Crippen LogP contribution in [0, 0.1) is 13.8 Å². The summed E-state index contributed by atoms with van der Waals surface area (Å²) in [5.74, 6) is 0.158. The molecule has 0 radical (unpaired) electrons. The number of aromatic nitrogens is 1. The van der Waals surface area contributed by atoms with Gasteiger partial charge >= 0.3 is 0 Å². The summed E-state index contributed by atoms with van der Waals surface area (Å²) in [5, 5.41) is 3.04. The number of thiophene rings is 1. The van der Waals surface area contributed by atoms with Crippen molar-refractivity contribution in [2.45, 2.75) is 13.8 Å². The summed E-state index contributed by atoms with van der Waals surface area (Å²) in [6.45, 7) is 7.43. The van der Waals surface area contributed by atoms with E-state index in [0.29, 0.717) is 0 Å². The molecule has 3 rings (SSSR count).